The van der Waals surface area contributed by atoms with Gasteiger partial charge >= 0.3 is 6.18 Å². The highest BCUT2D eigenvalue weighted by Crippen LogP contribution is 2.27. The maximum atomic E-state index is 12.7. The lowest BCUT2D eigenvalue weighted by Gasteiger charge is -2.29. The summed E-state index contributed by atoms with van der Waals surface area (Å²) in [5.41, 5.74) is 1.43. The highest BCUT2D eigenvalue weighted by Gasteiger charge is 2.32. The van der Waals surface area contributed by atoms with Crippen LogP contribution >= 0.6 is 0 Å². The van der Waals surface area contributed by atoms with Crippen molar-refractivity contribution in [3.8, 4) is 0 Å². The van der Waals surface area contributed by atoms with Crippen LogP contribution in [-0.4, -0.2) is 49.8 Å². The van der Waals surface area contributed by atoms with Gasteiger partial charge in [0.1, 0.15) is 11.5 Å². The van der Waals surface area contributed by atoms with Gasteiger partial charge in [0, 0.05) is 25.3 Å². The molecule has 0 aliphatic rings. The van der Waals surface area contributed by atoms with Crippen molar-refractivity contribution < 1.29 is 13.2 Å². The van der Waals surface area contributed by atoms with Crippen LogP contribution in [0, 0.1) is 6.92 Å². The molecule has 6 nitrogen and oxygen atoms in total. The molecule has 0 saturated carbocycles. The normalized spacial score (nSPS) is 13.3. The van der Waals surface area contributed by atoms with E-state index in [4.69, 9.17) is 0 Å². The van der Waals surface area contributed by atoms with Crippen molar-refractivity contribution in [3.63, 3.8) is 0 Å². The number of nitrogens with one attached hydrogen (secondary N) is 1. The Balaban J connectivity index is 2.39. The molecule has 0 bridgehead atoms. The van der Waals surface area contributed by atoms with Gasteiger partial charge in [-0.3, -0.25) is 4.40 Å². The average Bonchev–Trinajstić information content (AvgIpc) is 2.85. The fourth-order valence-electron chi connectivity index (χ4n) is 2.43. The fourth-order valence-corrected chi connectivity index (χ4v) is 2.43. The molecule has 0 spiro atoms. The molecule has 0 radical (unpaired) electrons. The maximum absolute atomic E-state index is 12.7. The summed E-state index contributed by atoms with van der Waals surface area (Å²) in [6, 6.07) is -0.646. The minimum atomic E-state index is -4.24. The van der Waals surface area contributed by atoms with Crippen molar-refractivity contribution in [2.75, 3.05) is 12.4 Å². The van der Waals surface area contributed by atoms with E-state index in [1.165, 1.54) is 11.8 Å². The summed E-state index contributed by atoms with van der Waals surface area (Å²) in [5, 5.41) is 11.3. The molecule has 0 aliphatic heterocycles. The van der Waals surface area contributed by atoms with E-state index >= 15 is 0 Å². The molecule has 1 unspecified atom stereocenters. The van der Waals surface area contributed by atoms with Gasteiger partial charge in [-0.25, -0.2) is 4.98 Å². The number of anilines is 1. The van der Waals surface area contributed by atoms with Crippen LogP contribution in [0.3, 0.4) is 0 Å². The van der Waals surface area contributed by atoms with Gasteiger partial charge in [0.15, 0.2) is 5.82 Å². The number of rotatable bonds is 6. The summed E-state index contributed by atoms with van der Waals surface area (Å²) in [6.07, 6.45) is -3.47. The molecular weight excluding hydrogens is 333 g/mol. The first-order valence-corrected chi connectivity index (χ1v) is 7.97. The van der Waals surface area contributed by atoms with Gasteiger partial charge in [-0.05, 0) is 27.7 Å². The van der Waals surface area contributed by atoms with E-state index in [0.29, 0.717) is 28.7 Å². The van der Waals surface area contributed by atoms with Gasteiger partial charge < -0.3 is 10.2 Å². The SMILES string of the molecule is C=C(c1cn2c(C)nnc2c(NC(C)C)n1)N(C)C(C)CC(F)(F)F. The lowest BCUT2D eigenvalue weighted by Crippen LogP contribution is -2.32. The third kappa shape index (κ3) is 4.40. The number of alkyl halides is 3. The van der Waals surface area contributed by atoms with E-state index in [-0.39, 0.29) is 6.04 Å². The van der Waals surface area contributed by atoms with E-state index < -0.39 is 18.6 Å². The summed E-state index contributed by atoms with van der Waals surface area (Å²) in [4.78, 5) is 5.98. The van der Waals surface area contributed by atoms with Crippen molar-refractivity contribution in [1.82, 2.24) is 24.5 Å². The lowest BCUT2D eigenvalue weighted by molar-refractivity contribution is -0.142. The third-order valence-corrected chi connectivity index (χ3v) is 3.90. The second-order valence-corrected chi connectivity index (χ2v) is 6.44. The third-order valence-electron chi connectivity index (χ3n) is 3.90. The van der Waals surface area contributed by atoms with Crippen LogP contribution in [0.15, 0.2) is 12.8 Å². The van der Waals surface area contributed by atoms with E-state index in [1.807, 2.05) is 13.8 Å². The number of fused-ring (bicyclic) bond motifs is 1. The first-order valence-electron chi connectivity index (χ1n) is 7.97. The standard InChI is InChI=1S/C16H23F3N6/c1-9(2)20-14-15-23-22-12(5)25(15)8-13(21-14)11(4)24(6)10(3)7-16(17,18)19/h8-10H,4,7H2,1-3,5-6H3,(H,20,21). The predicted molar refractivity (Wildman–Crippen MR) is 91.2 cm³/mol. The zero-order valence-electron chi connectivity index (χ0n) is 15.0. The Bertz CT molecular complexity index is 765. The van der Waals surface area contributed by atoms with Gasteiger partial charge in [-0.2, -0.15) is 13.2 Å². The summed E-state index contributed by atoms with van der Waals surface area (Å²) < 4.78 is 39.7. The van der Waals surface area contributed by atoms with Crippen LogP contribution < -0.4 is 5.32 Å². The second kappa shape index (κ2) is 6.89. The molecular formula is C16H23F3N6. The molecule has 2 heterocycles. The van der Waals surface area contributed by atoms with Crippen LogP contribution in [0.5, 0.6) is 0 Å². The summed E-state index contributed by atoms with van der Waals surface area (Å²) in [6.45, 7) is 11.2. The summed E-state index contributed by atoms with van der Waals surface area (Å²) in [5.74, 6) is 1.18. The Morgan fingerprint density at radius 3 is 2.52 bits per heavy atom. The second-order valence-electron chi connectivity index (χ2n) is 6.44. The molecule has 0 saturated heterocycles. The Morgan fingerprint density at radius 2 is 1.96 bits per heavy atom. The molecule has 1 atom stereocenters. The smallest absolute Gasteiger partial charge is 0.370 e. The number of aryl methyl sites for hydroxylation is 1. The number of halogens is 3. The Kier molecular flexibility index (Phi) is 5.24. The van der Waals surface area contributed by atoms with Crippen molar-refractivity contribution in [2.45, 2.75) is 52.4 Å². The zero-order valence-corrected chi connectivity index (χ0v) is 15.0. The first-order chi connectivity index (χ1) is 11.5. The Labute approximate surface area is 144 Å². The van der Waals surface area contributed by atoms with Gasteiger partial charge in [0.05, 0.1) is 12.1 Å². The minimum absolute atomic E-state index is 0.110. The van der Waals surface area contributed by atoms with Crippen molar-refractivity contribution in [2.24, 2.45) is 0 Å². The quantitative estimate of drug-likeness (QED) is 0.858. The lowest BCUT2D eigenvalue weighted by atomic mass is 10.2. The van der Waals surface area contributed by atoms with Crippen molar-refractivity contribution in [1.29, 1.82) is 0 Å². The minimum Gasteiger partial charge on any atom is -0.370 e. The van der Waals surface area contributed by atoms with Crippen molar-refractivity contribution >= 4 is 17.2 Å². The Morgan fingerprint density at radius 1 is 1.32 bits per heavy atom. The van der Waals surface area contributed by atoms with Gasteiger partial charge in [-0.1, -0.05) is 6.58 Å². The predicted octanol–water partition coefficient (Wildman–Crippen LogP) is 3.50. The number of nitrogens with zero attached hydrogens (tertiary/aromatic N) is 5. The number of hydrogen-bond acceptors (Lipinski definition) is 5. The molecule has 9 heteroatoms. The molecule has 138 valence electrons. The van der Waals surface area contributed by atoms with Crippen LogP contribution in [0.1, 0.15) is 38.7 Å². The molecule has 25 heavy (non-hydrogen) atoms. The number of aromatic nitrogens is 4. The van der Waals surface area contributed by atoms with Gasteiger partial charge in [0.25, 0.3) is 0 Å². The van der Waals surface area contributed by atoms with E-state index in [9.17, 15) is 13.2 Å². The van der Waals surface area contributed by atoms with Gasteiger partial charge in [-0.15, -0.1) is 10.2 Å². The van der Waals surface area contributed by atoms with E-state index in [0.717, 1.165) is 0 Å². The zero-order chi connectivity index (χ0) is 18.9. The topological polar surface area (TPSA) is 58.4 Å². The molecule has 2 rings (SSSR count). The molecule has 0 amide bonds. The first kappa shape index (κ1) is 19.0. The molecule has 0 aliphatic carbocycles. The van der Waals surface area contributed by atoms with Crippen LogP contribution in [0.4, 0.5) is 19.0 Å². The van der Waals surface area contributed by atoms with Crippen LogP contribution in [0.2, 0.25) is 0 Å². The summed E-state index contributed by atoms with van der Waals surface area (Å²) in [7, 11) is 1.58. The molecule has 0 fully saturated rings. The molecule has 2 aromatic heterocycles. The molecule has 1 N–H and O–H groups in total. The van der Waals surface area contributed by atoms with E-state index in [1.54, 1.807) is 24.6 Å². The maximum Gasteiger partial charge on any atom is 0.391 e. The summed E-state index contributed by atoms with van der Waals surface area (Å²) >= 11 is 0. The largest absolute Gasteiger partial charge is 0.391 e. The van der Waals surface area contributed by atoms with E-state index in [2.05, 4.69) is 27.1 Å². The van der Waals surface area contributed by atoms with Crippen molar-refractivity contribution in [3.05, 3.63) is 24.3 Å². The fraction of sp³-hybridized carbons (Fsp3) is 0.562. The monoisotopic (exact) mass is 356 g/mol. The highest BCUT2D eigenvalue weighted by molar-refractivity contribution is 5.68. The number of hydrogen-bond donors (Lipinski definition) is 1. The van der Waals surface area contributed by atoms with Crippen LogP contribution in [0.25, 0.3) is 11.3 Å². The highest BCUT2D eigenvalue weighted by atomic mass is 19.4. The Hall–Kier alpha value is -2.32. The molecule has 0 aromatic carbocycles. The molecule has 2 aromatic rings. The van der Waals surface area contributed by atoms with Gasteiger partial charge in [0.2, 0.25) is 5.65 Å². The average molecular weight is 356 g/mol. The van der Waals surface area contributed by atoms with Crippen LogP contribution in [-0.2, 0) is 0 Å².